The van der Waals surface area contributed by atoms with Gasteiger partial charge in [0.1, 0.15) is 0 Å². The summed E-state index contributed by atoms with van der Waals surface area (Å²) in [5, 5.41) is 3.05. The first-order chi connectivity index (χ1) is 8.57. The average molecular weight is 272 g/mol. The molecule has 0 aromatic heterocycles. The number of hydrogen-bond acceptors (Lipinski definition) is 3. The van der Waals surface area contributed by atoms with Crippen molar-refractivity contribution < 1.29 is 8.42 Å². The first kappa shape index (κ1) is 12.9. The molecule has 0 spiro atoms. The van der Waals surface area contributed by atoms with E-state index in [2.05, 4.69) is 5.32 Å². The van der Waals surface area contributed by atoms with Crippen molar-refractivity contribution in [1.29, 1.82) is 0 Å². The molecule has 3 unspecified atom stereocenters. The first-order valence-electron chi connectivity index (χ1n) is 7.29. The van der Waals surface area contributed by atoms with Crippen molar-refractivity contribution in [3.8, 4) is 0 Å². The molecule has 1 N–H and O–H groups in total. The summed E-state index contributed by atoms with van der Waals surface area (Å²) in [6, 6.07) is 0.584. The van der Waals surface area contributed by atoms with Crippen LogP contribution in [0.1, 0.15) is 39.0 Å². The van der Waals surface area contributed by atoms with Crippen LogP contribution in [0.5, 0.6) is 0 Å². The topological polar surface area (TPSA) is 49.4 Å². The van der Waals surface area contributed by atoms with Crippen molar-refractivity contribution in [2.75, 3.05) is 19.6 Å². The van der Waals surface area contributed by atoms with Crippen LogP contribution in [0.3, 0.4) is 0 Å². The van der Waals surface area contributed by atoms with Crippen LogP contribution < -0.4 is 5.32 Å². The van der Waals surface area contributed by atoms with E-state index in [4.69, 9.17) is 0 Å². The monoisotopic (exact) mass is 272 g/mol. The molecule has 3 aliphatic rings. The van der Waals surface area contributed by atoms with Gasteiger partial charge in [-0.15, -0.1) is 0 Å². The second-order valence-corrected chi connectivity index (χ2v) is 8.66. The predicted octanol–water partition coefficient (Wildman–Crippen LogP) is 1.19. The van der Waals surface area contributed by atoms with E-state index in [1.54, 1.807) is 4.31 Å². The van der Waals surface area contributed by atoms with Gasteiger partial charge in [0, 0.05) is 25.7 Å². The van der Waals surface area contributed by atoms with Gasteiger partial charge in [-0.25, -0.2) is 12.7 Å². The van der Waals surface area contributed by atoms with E-state index in [0.717, 1.165) is 13.1 Å². The Labute approximate surface area is 110 Å². The van der Waals surface area contributed by atoms with Crippen molar-refractivity contribution in [2.45, 2.75) is 50.3 Å². The molecule has 0 aromatic rings. The predicted molar refractivity (Wildman–Crippen MR) is 71.8 cm³/mol. The van der Waals surface area contributed by atoms with Gasteiger partial charge in [0.25, 0.3) is 0 Å². The lowest BCUT2D eigenvalue weighted by molar-refractivity contribution is 0.435. The minimum absolute atomic E-state index is 0.281. The number of nitrogens with one attached hydrogen (secondary N) is 1. The zero-order valence-electron chi connectivity index (χ0n) is 11.1. The lowest BCUT2D eigenvalue weighted by atomic mass is 10.0. The van der Waals surface area contributed by atoms with Gasteiger partial charge in [0.2, 0.25) is 10.0 Å². The summed E-state index contributed by atoms with van der Waals surface area (Å²) in [7, 11) is -3.08. The summed E-state index contributed by atoms with van der Waals surface area (Å²) >= 11 is 0. The van der Waals surface area contributed by atoms with Crippen LogP contribution in [0, 0.1) is 11.8 Å². The zero-order valence-corrected chi connectivity index (χ0v) is 12.0. The third-order valence-corrected chi connectivity index (χ3v) is 7.03. The van der Waals surface area contributed by atoms with Gasteiger partial charge in [-0.05, 0) is 44.4 Å². The lowest BCUT2D eigenvalue weighted by Gasteiger charge is -2.22. The van der Waals surface area contributed by atoms with Gasteiger partial charge >= 0.3 is 0 Å². The highest BCUT2D eigenvalue weighted by Gasteiger charge is 2.42. The first-order valence-corrected chi connectivity index (χ1v) is 8.80. The normalized spacial score (nSPS) is 34.7. The summed E-state index contributed by atoms with van der Waals surface area (Å²) < 4.78 is 26.7. The van der Waals surface area contributed by atoms with Gasteiger partial charge in [-0.3, -0.25) is 0 Å². The van der Waals surface area contributed by atoms with E-state index in [9.17, 15) is 8.42 Å². The van der Waals surface area contributed by atoms with Crippen LogP contribution in [0.25, 0.3) is 0 Å². The SMILES string of the molecule is CC(CNC1CC1)S(=O)(=O)N1CC2CCCC2C1. The molecule has 1 aliphatic heterocycles. The molecule has 3 fully saturated rings. The van der Waals surface area contributed by atoms with Crippen molar-refractivity contribution in [2.24, 2.45) is 11.8 Å². The average Bonchev–Trinajstić information content (AvgIpc) is 2.88. The van der Waals surface area contributed by atoms with Crippen molar-refractivity contribution in [1.82, 2.24) is 9.62 Å². The Morgan fingerprint density at radius 1 is 1.17 bits per heavy atom. The highest BCUT2D eigenvalue weighted by molar-refractivity contribution is 7.89. The van der Waals surface area contributed by atoms with E-state index >= 15 is 0 Å². The molecule has 18 heavy (non-hydrogen) atoms. The molecule has 0 radical (unpaired) electrons. The molecule has 1 heterocycles. The second kappa shape index (κ2) is 4.76. The number of sulfonamides is 1. The maximum atomic E-state index is 12.5. The van der Waals surface area contributed by atoms with Crippen LogP contribution in [0.4, 0.5) is 0 Å². The van der Waals surface area contributed by atoms with E-state index in [1.165, 1.54) is 32.1 Å². The minimum Gasteiger partial charge on any atom is -0.313 e. The molecule has 0 bridgehead atoms. The fraction of sp³-hybridized carbons (Fsp3) is 1.00. The fourth-order valence-electron chi connectivity index (χ4n) is 3.38. The van der Waals surface area contributed by atoms with E-state index in [0.29, 0.717) is 24.4 Å². The molecule has 2 aliphatic carbocycles. The van der Waals surface area contributed by atoms with Crippen molar-refractivity contribution in [3.63, 3.8) is 0 Å². The number of rotatable bonds is 5. The maximum Gasteiger partial charge on any atom is 0.217 e. The van der Waals surface area contributed by atoms with Crippen molar-refractivity contribution in [3.05, 3.63) is 0 Å². The summed E-state index contributed by atoms with van der Waals surface area (Å²) in [6.07, 6.45) is 6.17. The van der Waals surface area contributed by atoms with Crippen LogP contribution in [0.2, 0.25) is 0 Å². The minimum atomic E-state index is -3.08. The van der Waals surface area contributed by atoms with Gasteiger partial charge < -0.3 is 5.32 Å². The molecule has 0 amide bonds. The fourth-order valence-corrected chi connectivity index (χ4v) is 4.99. The van der Waals surface area contributed by atoms with Crippen LogP contribution in [-0.2, 0) is 10.0 Å². The van der Waals surface area contributed by atoms with E-state index in [1.807, 2.05) is 6.92 Å². The second-order valence-electron chi connectivity index (χ2n) is 6.31. The quantitative estimate of drug-likeness (QED) is 0.818. The molecule has 0 aromatic carbocycles. The van der Waals surface area contributed by atoms with Crippen LogP contribution in [-0.4, -0.2) is 43.6 Å². The Morgan fingerprint density at radius 2 is 1.78 bits per heavy atom. The van der Waals surface area contributed by atoms with Gasteiger partial charge in [0.15, 0.2) is 0 Å². The third kappa shape index (κ3) is 2.45. The molecular formula is C13H24N2O2S. The lowest BCUT2D eigenvalue weighted by Crippen LogP contribution is -2.41. The number of nitrogens with zero attached hydrogens (tertiary/aromatic N) is 1. The molecule has 4 nitrogen and oxygen atoms in total. The van der Waals surface area contributed by atoms with Crippen LogP contribution in [0.15, 0.2) is 0 Å². The molecule has 3 rings (SSSR count). The van der Waals surface area contributed by atoms with Crippen LogP contribution >= 0.6 is 0 Å². The Bertz CT molecular complexity index is 393. The Kier molecular flexibility index (Phi) is 3.41. The van der Waals surface area contributed by atoms with Gasteiger partial charge in [-0.2, -0.15) is 0 Å². The molecular weight excluding hydrogens is 248 g/mol. The molecule has 3 atom stereocenters. The van der Waals surface area contributed by atoms with Crippen molar-refractivity contribution >= 4 is 10.0 Å². The Morgan fingerprint density at radius 3 is 2.33 bits per heavy atom. The summed E-state index contributed by atoms with van der Waals surface area (Å²) in [4.78, 5) is 0. The molecule has 104 valence electrons. The summed E-state index contributed by atoms with van der Waals surface area (Å²) in [6.45, 7) is 4.01. The Hall–Kier alpha value is -0.130. The van der Waals surface area contributed by atoms with Gasteiger partial charge in [0.05, 0.1) is 5.25 Å². The summed E-state index contributed by atoms with van der Waals surface area (Å²) in [5.74, 6) is 1.28. The standard InChI is InChI=1S/C13H24N2O2S/c1-10(7-14-13-5-6-13)18(16,17)15-8-11-3-2-4-12(11)9-15/h10-14H,2-9H2,1H3. The van der Waals surface area contributed by atoms with E-state index < -0.39 is 10.0 Å². The van der Waals surface area contributed by atoms with E-state index in [-0.39, 0.29) is 5.25 Å². The highest BCUT2D eigenvalue weighted by atomic mass is 32.2. The summed E-state index contributed by atoms with van der Waals surface area (Å²) in [5.41, 5.74) is 0. The number of fused-ring (bicyclic) bond motifs is 1. The molecule has 5 heteroatoms. The highest BCUT2D eigenvalue weighted by Crippen LogP contribution is 2.39. The largest absolute Gasteiger partial charge is 0.313 e. The number of hydrogen-bond donors (Lipinski definition) is 1. The maximum absolute atomic E-state index is 12.5. The third-order valence-electron chi connectivity index (χ3n) is 4.83. The molecule has 2 saturated carbocycles. The van der Waals surface area contributed by atoms with Gasteiger partial charge in [-0.1, -0.05) is 6.42 Å². The Balaban J connectivity index is 1.59. The molecule has 1 saturated heterocycles. The zero-order chi connectivity index (χ0) is 12.8. The smallest absolute Gasteiger partial charge is 0.217 e.